The summed E-state index contributed by atoms with van der Waals surface area (Å²) >= 11 is 1.84. The SMILES string of the molecule is CCc1ccsc1CNC1CCCc2ccc(O)cc21. The van der Waals surface area contributed by atoms with Crippen LogP contribution in [0, 0.1) is 0 Å². The van der Waals surface area contributed by atoms with E-state index < -0.39 is 0 Å². The number of aromatic hydroxyl groups is 1. The maximum atomic E-state index is 9.71. The number of phenols is 1. The zero-order chi connectivity index (χ0) is 13.9. The van der Waals surface area contributed by atoms with E-state index >= 15 is 0 Å². The van der Waals surface area contributed by atoms with Crippen molar-refractivity contribution in [1.82, 2.24) is 5.32 Å². The van der Waals surface area contributed by atoms with Gasteiger partial charge in [0, 0.05) is 17.5 Å². The summed E-state index contributed by atoms with van der Waals surface area (Å²) < 4.78 is 0. The summed E-state index contributed by atoms with van der Waals surface area (Å²) in [5, 5.41) is 15.6. The number of aryl methyl sites for hydroxylation is 2. The first-order valence-corrected chi connectivity index (χ1v) is 8.26. The van der Waals surface area contributed by atoms with Crippen molar-refractivity contribution in [2.45, 2.75) is 45.2 Å². The van der Waals surface area contributed by atoms with Crippen LogP contribution in [-0.4, -0.2) is 5.11 Å². The largest absolute Gasteiger partial charge is 0.508 e. The molecule has 3 heteroatoms. The number of hydrogen-bond donors (Lipinski definition) is 2. The van der Waals surface area contributed by atoms with Gasteiger partial charge in [0.25, 0.3) is 0 Å². The first-order chi connectivity index (χ1) is 9.78. The van der Waals surface area contributed by atoms with Crippen LogP contribution in [0.15, 0.2) is 29.6 Å². The lowest BCUT2D eigenvalue weighted by molar-refractivity contribution is 0.446. The van der Waals surface area contributed by atoms with Gasteiger partial charge in [-0.3, -0.25) is 0 Å². The zero-order valence-electron chi connectivity index (χ0n) is 11.9. The average molecular weight is 287 g/mol. The maximum absolute atomic E-state index is 9.71. The molecule has 1 aliphatic rings. The Morgan fingerprint density at radius 1 is 1.35 bits per heavy atom. The minimum atomic E-state index is 0.373. The van der Waals surface area contributed by atoms with Gasteiger partial charge in [0.1, 0.15) is 5.75 Å². The second-order valence-corrected chi connectivity index (χ2v) is 6.43. The molecule has 20 heavy (non-hydrogen) atoms. The highest BCUT2D eigenvalue weighted by molar-refractivity contribution is 7.10. The van der Waals surface area contributed by atoms with E-state index in [0.717, 1.165) is 25.8 Å². The number of rotatable bonds is 4. The number of fused-ring (bicyclic) bond motifs is 1. The topological polar surface area (TPSA) is 32.3 Å². The van der Waals surface area contributed by atoms with Gasteiger partial charge < -0.3 is 10.4 Å². The smallest absolute Gasteiger partial charge is 0.115 e. The van der Waals surface area contributed by atoms with Gasteiger partial charge in [-0.2, -0.15) is 0 Å². The Morgan fingerprint density at radius 3 is 3.10 bits per heavy atom. The second kappa shape index (κ2) is 5.98. The fourth-order valence-corrected chi connectivity index (χ4v) is 3.98. The second-order valence-electron chi connectivity index (χ2n) is 5.43. The molecule has 0 radical (unpaired) electrons. The van der Waals surface area contributed by atoms with E-state index in [0.29, 0.717) is 11.8 Å². The molecule has 1 aliphatic carbocycles. The molecule has 0 saturated heterocycles. The lowest BCUT2D eigenvalue weighted by Crippen LogP contribution is -2.24. The Morgan fingerprint density at radius 2 is 2.25 bits per heavy atom. The van der Waals surface area contributed by atoms with E-state index in [1.54, 1.807) is 6.07 Å². The molecule has 0 amide bonds. The Balaban J connectivity index is 1.75. The summed E-state index contributed by atoms with van der Waals surface area (Å²) in [5.41, 5.74) is 4.12. The Bertz CT molecular complexity index is 590. The molecule has 1 unspecified atom stereocenters. The minimum Gasteiger partial charge on any atom is -0.508 e. The fourth-order valence-electron chi connectivity index (χ4n) is 3.05. The molecule has 0 aliphatic heterocycles. The van der Waals surface area contributed by atoms with Gasteiger partial charge >= 0.3 is 0 Å². The predicted molar refractivity (Wildman–Crippen MR) is 84.3 cm³/mol. The number of hydrogen-bond acceptors (Lipinski definition) is 3. The highest BCUT2D eigenvalue weighted by atomic mass is 32.1. The summed E-state index contributed by atoms with van der Waals surface area (Å²) in [6.45, 7) is 3.14. The normalized spacial score (nSPS) is 17.9. The van der Waals surface area contributed by atoms with Gasteiger partial charge in [0.2, 0.25) is 0 Å². The van der Waals surface area contributed by atoms with E-state index in [9.17, 15) is 5.11 Å². The molecule has 0 spiro atoms. The van der Waals surface area contributed by atoms with Crippen LogP contribution < -0.4 is 5.32 Å². The third kappa shape index (κ3) is 2.74. The van der Waals surface area contributed by atoms with E-state index in [4.69, 9.17) is 0 Å². The summed E-state index contributed by atoms with van der Waals surface area (Å²) in [6, 6.07) is 8.40. The van der Waals surface area contributed by atoms with E-state index in [1.807, 2.05) is 17.4 Å². The Hall–Kier alpha value is -1.32. The molecule has 3 rings (SSSR count). The van der Waals surface area contributed by atoms with E-state index in [1.165, 1.54) is 28.0 Å². The molecule has 1 aromatic heterocycles. The summed E-state index contributed by atoms with van der Waals surface area (Å²) in [6.07, 6.45) is 4.61. The van der Waals surface area contributed by atoms with Crippen molar-refractivity contribution in [1.29, 1.82) is 0 Å². The van der Waals surface area contributed by atoms with Gasteiger partial charge in [-0.05, 0) is 66.0 Å². The van der Waals surface area contributed by atoms with Crippen LogP contribution in [-0.2, 0) is 19.4 Å². The third-order valence-corrected chi connectivity index (χ3v) is 5.13. The number of benzene rings is 1. The Labute approximate surface area is 124 Å². The van der Waals surface area contributed by atoms with Crippen LogP contribution in [0.25, 0.3) is 0 Å². The van der Waals surface area contributed by atoms with Crippen LogP contribution >= 0.6 is 11.3 Å². The molecule has 0 fully saturated rings. The highest BCUT2D eigenvalue weighted by Gasteiger charge is 2.20. The van der Waals surface area contributed by atoms with E-state index in [2.05, 4.69) is 29.8 Å². The molecule has 1 heterocycles. The van der Waals surface area contributed by atoms with Gasteiger partial charge in [-0.15, -0.1) is 11.3 Å². The van der Waals surface area contributed by atoms with Crippen molar-refractivity contribution < 1.29 is 5.11 Å². The third-order valence-electron chi connectivity index (χ3n) is 4.17. The van der Waals surface area contributed by atoms with Crippen molar-refractivity contribution >= 4 is 11.3 Å². The maximum Gasteiger partial charge on any atom is 0.115 e. The lowest BCUT2D eigenvalue weighted by Gasteiger charge is -2.26. The van der Waals surface area contributed by atoms with Gasteiger partial charge in [0.15, 0.2) is 0 Å². The van der Waals surface area contributed by atoms with Crippen LogP contribution in [0.4, 0.5) is 0 Å². The van der Waals surface area contributed by atoms with Crippen molar-refractivity contribution in [3.63, 3.8) is 0 Å². The first-order valence-electron chi connectivity index (χ1n) is 7.38. The lowest BCUT2D eigenvalue weighted by atomic mass is 9.87. The van der Waals surface area contributed by atoms with Crippen LogP contribution in [0.3, 0.4) is 0 Å². The monoisotopic (exact) mass is 287 g/mol. The Kier molecular flexibility index (Phi) is 4.08. The van der Waals surface area contributed by atoms with Gasteiger partial charge in [-0.1, -0.05) is 13.0 Å². The molecule has 2 nitrogen and oxygen atoms in total. The number of thiophene rings is 1. The van der Waals surface area contributed by atoms with Crippen LogP contribution in [0.2, 0.25) is 0 Å². The molecule has 0 bridgehead atoms. The van der Waals surface area contributed by atoms with Crippen molar-refractivity contribution in [3.8, 4) is 5.75 Å². The van der Waals surface area contributed by atoms with Gasteiger partial charge in [0.05, 0.1) is 0 Å². The molecular formula is C17H21NOS. The molecule has 1 atom stereocenters. The fraction of sp³-hybridized carbons (Fsp3) is 0.412. The standard InChI is InChI=1S/C17H21NOS/c1-2-12-8-9-20-17(12)11-18-16-5-3-4-13-6-7-14(19)10-15(13)16/h6-10,16,18-19H,2-5,11H2,1H3. The van der Waals surface area contributed by atoms with E-state index in [-0.39, 0.29) is 0 Å². The summed E-state index contributed by atoms with van der Waals surface area (Å²) in [7, 11) is 0. The summed E-state index contributed by atoms with van der Waals surface area (Å²) in [4.78, 5) is 1.44. The molecule has 0 saturated carbocycles. The van der Waals surface area contributed by atoms with Crippen molar-refractivity contribution in [2.24, 2.45) is 0 Å². The molecular weight excluding hydrogens is 266 g/mol. The van der Waals surface area contributed by atoms with Crippen molar-refractivity contribution in [3.05, 3.63) is 51.2 Å². The molecule has 106 valence electrons. The van der Waals surface area contributed by atoms with Crippen LogP contribution in [0.1, 0.15) is 47.4 Å². The molecule has 2 aromatic rings. The number of phenolic OH excluding ortho intramolecular Hbond substituents is 1. The first kappa shape index (κ1) is 13.7. The highest BCUT2D eigenvalue weighted by Crippen LogP contribution is 2.32. The van der Waals surface area contributed by atoms with Crippen molar-refractivity contribution in [2.75, 3.05) is 0 Å². The minimum absolute atomic E-state index is 0.373. The molecule has 2 N–H and O–H groups in total. The predicted octanol–water partition coefficient (Wildman–Crippen LogP) is 4.18. The summed E-state index contributed by atoms with van der Waals surface area (Å²) in [5.74, 6) is 0.378. The molecule has 1 aromatic carbocycles. The quantitative estimate of drug-likeness (QED) is 0.884. The average Bonchev–Trinajstić information content (AvgIpc) is 2.92. The van der Waals surface area contributed by atoms with Gasteiger partial charge in [-0.25, -0.2) is 0 Å². The zero-order valence-corrected chi connectivity index (χ0v) is 12.7. The number of nitrogens with one attached hydrogen (secondary N) is 1. The van der Waals surface area contributed by atoms with Crippen LogP contribution in [0.5, 0.6) is 5.75 Å².